The Bertz CT molecular complexity index is 327. The zero-order chi connectivity index (χ0) is 15.3. The van der Waals surface area contributed by atoms with Crippen molar-refractivity contribution in [3.8, 4) is 0 Å². The molecule has 0 bridgehead atoms. The van der Waals surface area contributed by atoms with E-state index in [9.17, 15) is 9.59 Å². The number of carbonyl (C=O) groups is 2. The van der Waals surface area contributed by atoms with E-state index in [1.165, 1.54) is 6.42 Å². The number of hydrogen-bond donors (Lipinski definition) is 0. The van der Waals surface area contributed by atoms with E-state index in [0.717, 1.165) is 32.0 Å². The molecule has 0 aromatic heterocycles. The first kappa shape index (κ1) is 17.0. The van der Waals surface area contributed by atoms with Crippen molar-refractivity contribution in [2.75, 3.05) is 0 Å². The van der Waals surface area contributed by atoms with Crippen molar-refractivity contribution in [3.63, 3.8) is 0 Å². The molecular weight excluding hydrogens is 254 g/mol. The summed E-state index contributed by atoms with van der Waals surface area (Å²) in [6.45, 7) is 9.41. The minimum atomic E-state index is -0.537. The summed E-state index contributed by atoms with van der Waals surface area (Å²) in [5.74, 6) is 0.274. The zero-order valence-electron chi connectivity index (χ0n) is 13.5. The molecule has 4 nitrogen and oxygen atoms in total. The lowest BCUT2D eigenvalue weighted by atomic mass is 9.83. The maximum atomic E-state index is 12.4. The Morgan fingerprint density at radius 1 is 1.20 bits per heavy atom. The van der Waals surface area contributed by atoms with Crippen molar-refractivity contribution < 1.29 is 14.3 Å². The molecule has 1 fully saturated rings. The molecule has 1 amide bonds. The first-order valence-electron chi connectivity index (χ1n) is 7.73. The maximum Gasteiger partial charge on any atom is 0.411 e. The molecule has 1 atom stereocenters. The molecule has 0 saturated heterocycles. The van der Waals surface area contributed by atoms with Crippen LogP contribution < -0.4 is 0 Å². The normalized spacial score (nSPS) is 18.7. The lowest BCUT2D eigenvalue weighted by Gasteiger charge is -2.38. The highest BCUT2D eigenvalue weighted by Crippen LogP contribution is 2.30. The fourth-order valence-corrected chi connectivity index (χ4v) is 2.87. The molecule has 0 spiro atoms. The summed E-state index contributed by atoms with van der Waals surface area (Å²) >= 11 is 0. The second-order valence-corrected chi connectivity index (χ2v) is 7.01. The second kappa shape index (κ2) is 7.09. The van der Waals surface area contributed by atoms with Gasteiger partial charge in [-0.3, -0.25) is 4.90 Å². The Kier molecular flexibility index (Phi) is 6.03. The maximum absolute atomic E-state index is 12.4. The highest BCUT2D eigenvalue weighted by Gasteiger charge is 2.35. The van der Waals surface area contributed by atoms with Gasteiger partial charge in [0.2, 0.25) is 0 Å². The standard InChI is InChI=1S/C16H29NO3/c1-12(2)17(15(19)20-16(3,4)5)14(11-18)13-9-7-6-8-10-13/h11-14H,6-10H2,1-5H3. The van der Waals surface area contributed by atoms with E-state index in [1.54, 1.807) is 4.90 Å². The van der Waals surface area contributed by atoms with Crippen LogP contribution in [-0.2, 0) is 9.53 Å². The molecule has 116 valence electrons. The van der Waals surface area contributed by atoms with Gasteiger partial charge < -0.3 is 9.53 Å². The zero-order valence-corrected chi connectivity index (χ0v) is 13.5. The first-order valence-corrected chi connectivity index (χ1v) is 7.73. The van der Waals surface area contributed by atoms with Crippen molar-refractivity contribution in [2.45, 2.75) is 84.4 Å². The lowest BCUT2D eigenvalue weighted by molar-refractivity contribution is -0.115. The Labute approximate surface area is 122 Å². The van der Waals surface area contributed by atoms with Crippen molar-refractivity contribution in [1.29, 1.82) is 0 Å². The predicted octanol–water partition coefficient (Wildman–Crippen LogP) is 3.78. The first-order chi connectivity index (χ1) is 9.26. The summed E-state index contributed by atoms with van der Waals surface area (Å²) < 4.78 is 5.46. The molecule has 0 aromatic rings. The number of carbonyl (C=O) groups excluding carboxylic acids is 2. The average Bonchev–Trinajstić information content (AvgIpc) is 2.33. The second-order valence-electron chi connectivity index (χ2n) is 7.01. The summed E-state index contributed by atoms with van der Waals surface area (Å²) in [6.07, 6.45) is 6.13. The minimum Gasteiger partial charge on any atom is -0.444 e. The van der Waals surface area contributed by atoms with Crippen molar-refractivity contribution in [2.24, 2.45) is 5.92 Å². The molecule has 1 rings (SSSR count). The van der Waals surface area contributed by atoms with Crippen LogP contribution in [0.1, 0.15) is 66.7 Å². The smallest absolute Gasteiger partial charge is 0.411 e. The Morgan fingerprint density at radius 3 is 2.15 bits per heavy atom. The number of ether oxygens (including phenoxy) is 1. The van der Waals surface area contributed by atoms with Gasteiger partial charge in [-0.15, -0.1) is 0 Å². The van der Waals surface area contributed by atoms with E-state index in [1.807, 2.05) is 34.6 Å². The highest BCUT2D eigenvalue weighted by atomic mass is 16.6. The topological polar surface area (TPSA) is 46.6 Å². The third kappa shape index (κ3) is 4.80. The summed E-state index contributed by atoms with van der Waals surface area (Å²) in [4.78, 5) is 25.6. The summed E-state index contributed by atoms with van der Waals surface area (Å²) in [5, 5.41) is 0. The molecule has 4 heteroatoms. The van der Waals surface area contributed by atoms with Crippen LogP contribution in [0, 0.1) is 5.92 Å². The molecular formula is C16H29NO3. The molecule has 0 aliphatic heterocycles. The Hall–Kier alpha value is -1.06. The molecule has 1 aliphatic carbocycles. The van der Waals surface area contributed by atoms with Gasteiger partial charge in [0.1, 0.15) is 11.9 Å². The van der Waals surface area contributed by atoms with Crippen LogP contribution in [0.3, 0.4) is 0 Å². The van der Waals surface area contributed by atoms with Gasteiger partial charge in [0.05, 0.1) is 6.04 Å². The van der Waals surface area contributed by atoms with E-state index in [0.29, 0.717) is 0 Å². The number of rotatable bonds is 4. The quantitative estimate of drug-likeness (QED) is 0.738. The molecule has 1 saturated carbocycles. The Balaban J connectivity index is 2.86. The average molecular weight is 283 g/mol. The van der Waals surface area contributed by atoms with E-state index in [2.05, 4.69) is 0 Å². The summed E-state index contributed by atoms with van der Waals surface area (Å²) in [5.41, 5.74) is -0.537. The third-order valence-corrected chi connectivity index (χ3v) is 3.75. The van der Waals surface area contributed by atoms with E-state index < -0.39 is 5.60 Å². The summed E-state index contributed by atoms with van der Waals surface area (Å²) in [6, 6.07) is -0.396. The number of aldehydes is 1. The van der Waals surface area contributed by atoms with Gasteiger partial charge in [0, 0.05) is 6.04 Å². The van der Waals surface area contributed by atoms with Crippen LogP contribution >= 0.6 is 0 Å². The van der Waals surface area contributed by atoms with E-state index in [-0.39, 0.29) is 24.1 Å². The van der Waals surface area contributed by atoms with Gasteiger partial charge in [-0.1, -0.05) is 19.3 Å². The van der Waals surface area contributed by atoms with Gasteiger partial charge in [0.15, 0.2) is 0 Å². The SMILES string of the molecule is CC(C)N(C(=O)OC(C)(C)C)C(C=O)C1CCCCC1. The van der Waals surface area contributed by atoms with Gasteiger partial charge in [-0.05, 0) is 53.4 Å². The van der Waals surface area contributed by atoms with Crippen LogP contribution in [0.4, 0.5) is 4.79 Å². The van der Waals surface area contributed by atoms with Gasteiger partial charge in [0.25, 0.3) is 0 Å². The van der Waals surface area contributed by atoms with Crippen molar-refractivity contribution in [3.05, 3.63) is 0 Å². The highest BCUT2D eigenvalue weighted by molar-refractivity contribution is 5.74. The van der Waals surface area contributed by atoms with E-state index in [4.69, 9.17) is 4.74 Å². The van der Waals surface area contributed by atoms with Crippen LogP contribution in [0.15, 0.2) is 0 Å². The molecule has 0 N–H and O–H groups in total. The van der Waals surface area contributed by atoms with Gasteiger partial charge in [-0.2, -0.15) is 0 Å². The molecule has 20 heavy (non-hydrogen) atoms. The Morgan fingerprint density at radius 2 is 1.75 bits per heavy atom. The van der Waals surface area contributed by atoms with Crippen LogP contribution in [0.25, 0.3) is 0 Å². The molecule has 0 radical (unpaired) electrons. The number of nitrogens with zero attached hydrogens (tertiary/aromatic N) is 1. The monoisotopic (exact) mass is 283 g/mol. The fourth-order valence-electron chi connectivity index (χ4n) is 2.87. The predicted molar refractivity (Wildman–Crippen MR) is 79.6 cm³/mol. The number of amides is 1. The van der Waals surface area contributed by atoms with Crippen molar-refractivity contribution in [1.82, 2.24) is 4.90 Å². The molecule has 0 aromatic carbocycles. The van der Waals surface area contributed by atoms with Gasteiger partial charge in [-0.25, -0.2) is 4.79 Å². The van der Waals surface area contributed by atoms with Crippen LogP contribution in [0.5, 0.6) is 0 Å². The van der Waals surface area contributed by atoms with E-state index >= 15 is 0 Å². The van der Waals surface area contributed by atoms with Crippen LogP contribution in [-0.4, -0.2) is 35.0 Å². The molecule has 0 heterocycles. The fraction of sp³-hybridized carbons (Fsp3) is 0.875. The molecule has 1 aliphatic rings. The third-order valence-electron chi connectivity index (χ3n) is 3.75. The van der Waals surface area contributed by atoms with Gasteiger partial charge >= 0.3 is 6.09 Å². The number of hydrogen-bond acceptors (Lipinski definition) is 3. The van der Waals surface area contributed by atoms with Crippen molar-refractivity contribution >= 4 is 12.4 Å². The van der Waals surface area contributed by atoms with Crippen LogP contribution in [0.2, 0.25) is 0 Å². The lowest BCUT2D eigenvalue weighted by Crippen LogP contribution is -2.51. The largest absolute Gasteiger partial charge is 0.444 e. The molecule has 1 unspecified atom stereocenters. The summed E-state index contributed by atoms with van der Waals surface area (Å²) in [7, 11) is 0. The minimum absolute atomic E-state index is 0.0398.